The van der Waals surface area contributed by atoms with Gasteiger partial charge in [-0.1, -0.05) is 6.07 Å². The summed E-state index contributed by atoms with van der Waals surface area (Å²) in [7, 11) is 0. The summed E-state index contributed by atoms with van der Waals surface area (Å²) in [5.41, 5.74) is 1.98. The molecule has 21 heavy (non-hydrogen) atoms. The standard InChI is InChI=1S/C17H23N3S/c1-21-17-6-2-5-16(15(17)10-18)20(11-13-7-8-13)12-14-4-3-9-19-14/h2,5-6,13-14,19H,3-4,7-9,11-12H2,1H3. The molecule has 1 aromatic rings. The number of thioether (sulfide) groups is 1. The third-order valence-electron chi connectivity index (χ3n) is 4.46. The molecule has 1 atom stereocenters. The van der Waals surface area contributed by atoms with E-state index in [0.29, 0.717) is 6.04 Å². The Morgan fingerprint density at radius 1 is 1.33 bits per heavy atom. The Morgan fingerprint density at radius 2 is 2.19 bits per heavy atom. The molecule has 0 bridgehead atoms. The molecule has 1 saturated carbocycles. The lowest BCUT2D eigenvalue weighted by molar-refractivity contribution is 0.570. The van der Waals surface area contributed by atoms with Crippen molar-refractivity contribution in [2.75, 3.05) is 30.8 Å². The number of hydrogen-bond donors (Lipinski definition) is 1. The molecule has 0 radical (unpaired) electrons. The monoisotopic (exact) mass is 301 g/mol. The van der Waals surface area contributed by atoms with Gasteiger partial charge in [0.1, 0.15) is 6.07 Å². The maximum atomic E-state index is 9.58. The van der Waals surface area contributed by atoms with E-state index in [1.54, 1.807) is 11.8 Å². The predicted octanol–water partition coefficient (Wildman–Crippen LogP) is 3.25. The normalized spacial score (nSPS) is 21.2. The van der Waals surface area contributed by atoms with Crippen LogP contribution in [0, 0.1) is 17.2 Å². The van der Waals surface area contributed by atoms with Crippen molar-refractivity contribution in [2.24, 2.45) is 5.92 Å². The number of benzene rings is 1. The summed E-state index contributed by atoms with van der Waals surface area (Å²) < 4.78 is 0. The quantitative estimate of drug-likeness (QED) is 0.819. The first kappa shape index (κ1) is 14.7. The van der Waals surface area contributed by atoms with E-state index in [2.05, 4.69) is 34.5 Å². The zero-order valence-electron chi connectivity index (χ0n) is 12.6. The van der Waals surface area contributed by atoms with Crippen molar-refractivity contribution in [3.8, 4) is 6.07 Å². The van der Waals surface area contributed by atoms with Crippen LogP contribution in [0.25, 0.3) is 0 Å². The first-order valence-electron chi connectivity index (χ1n) is 7.87. The summed E-state index contributed by atoms with van der Waals surface area (Å²) >= 11 is 1.66. The Labute approximate surface area is 131 Å². The lowest BCUT2D eigenvalue weighted by Crippen LogP contribution is -2.39. The Hall–Kier alpha value is -1.18. The number of rotatable bonds is 6. The van der Waals surface area contributed by atoms with Gasteiger partial charge in [0.15, 0.2) is 0 Å². The van der Waals surface area contributed by atoms with Crippen molar-refractivity contribution in [3.63, 3.8) is 0 Å². The Bertz CT molecular complexity index is 527. The van der Waals surface area contributed by atoms with E-state index < -0.39 is 0 Å². The second-order valence-electron chi connectivity index (χ2n) is 6.11. The van der Waals surface area contributed by atoms with E-state index in [1.807, 2.05) is 6.26 Å². The minimum Gasteiger partial charge on any atom is -0.369 e. The first-order valence-corrected chi connectivity index (χ1v) is 9.09. The lowest BCUT2D eigenvalue weighted by atomic mass is 10.1. The van der Waals surface area contributed by atoms with Gasteiger partial charge in [-0.3, -0.25) is 0 Å². The van der Waals surface area contributed by atoms with Gasteiger partial charge in [0, 0.05) is 24.0 Å². The molecular weight excluding hydrogens is 278 g/mol. The zero-order chi connectivity index (χ0) is 14.7. The summed E-state index contributed by atoms with van der Waals surface area (Å²) in [6.45, 7) is 3.27. The van der Waals surface area contributed by atoms with Crippen LogP contribution in [0.2, 0.25) is 0 Å². The highest BCUT2D eigenvalue weighted by molar-refractivity contribution is 7.98. The number of nitrogens with zero attached hydrogens (tertiary/aromatic N) is 2. The van der Waals surface area contributed by atoms with Gasteiger partial charge in [-0.05, 0) is 56.5 Å². The Balaban J connectivity index is 1.85. The van der Waals surface area contributed by atoms with Gasteiger partial charge in [-0.25, -0.2) is 0 Å². The summed E-state index contributed by atoms with van der Waals surface area (Å²) in [4.78, 5) is 3.55. The minimum atomic E-state index is 0.577. The van der Waals surface area contributed by atoms with Gasteiger partial charge in [-0.2, -0.15) is 5.26 Å². The smallest absolute Gasteiger partial charge is 0.103 e. The number of anilines is 1. The van der Waals surface area contributed by atoms with Crippen molar-refractivity contribution in [2.45, 2.75) is 36.6 Å². The molecule has 1 aliphatic carbocycles. The molecule has 1 N–H and O–H groups in total. The lowest BCUT2D eigenvalue weighted by Gasteiger charge is -2.29. The van der Waals surface area contributed by atoms with E-state index in [-0.39, 0.29) is 0 Å². The van der Waals surface area contributed by atoms with Crippen molar-refractivity contribution in [3.05, 3.63) is 23.8 Å². The van der Waals surface area contributed by atoms with Gasteiger partial charge >= 0.3 is 0 Å². The van der Waals surface area contributed by atoms with E-state index >= 15 is 0 Å². The Kier molecular flexibility index (Phi) is 4.72. The third kappa shape index (κ3) is 3.53. The molecule has 2 fully saturated rings. The topological polar surface area (TPSA) is 39.1 Å². The highest BCUT2D eigenvalue weighted by Crippen LogP contribution is 2.35. The molecule has 0 spiro atoms. The van der Waals surface area contributed by atoms with Crippen molar-refractivity contribution in [1.29, 1.82) is 5.26 Å². The van der Waals surface area contributed by atoms with Crippen LogP contribution in [0.3, 0.4) is 0 Å². The average molecular weight is 301 g/mol. The second kappa shape index (κ2) is 6.72. The van der Waals surface area contributed by atoms with Crippen molar-refractivity contribution in [1.82, 2.24) is 5.32 Å². The van der Waals surface area contributed by atoms with Crippen LogP contribution in [0.1, 0.15) is 31.2 Å². The molecule has 4 heteroatoms. The first-order chi connectivity index (χ1) is 10.3. The molecule has 3 rings (SSSR count). The Morgan fingerprint density at radius 3 is 2.81 bits per heavy atom. The largest absolute Gasteiger partial charge is 0.369 e. The van der Waals surface area contributed by atoms with E-state index in [1.165, 1.54) is 25.7 Å². The van der Waals surface area contributed by atoms with Crippen LogP contribution in [0.4, 0.5) is 5.69 Å². The minimum absolute atomic E-state index is 0.577. The highest BCUT2D eigenvalue weighted by Gasteiger charge is 2.28. The molecule has 2 aliphatic rings. The molecule has 3 nitrogen and oxygen atoms in total. The summed E-state index contributed by atoms with van der Waals surface area (Å²) in [6.07, 6.45) is 7.27. The van der Waals surface area contributed by atoms with Gasteiger partial charge in [-0.15, -0.1) is 11.8 Å². The molecule has 112 valence electrons. The molecule has 1 unspecified atom stereocenters. The summed E-state index contributed by atoms with van der Waals surface area (Å²) in [5, 5.41) is 13.2. The van der Waals surface area contributed by atoms with Crippen LogP contribution in [-0.2, 0) is 0 Å². The molecule has 1 aromatic carbocycles. The maximum Gasteiger partial charge on any atom is 0.103 e. The fraction of sp³-hybridized carbons (Fsp3) is 0.588. The summed E-state index contributed by atoms with van der Waals surface area (Å²) in [6, 6.07) is 9.27. The van der Waals surface area contributed by atoms with Gasteiger partial charge in [0.05, 0.1) is 11.3 Å². The van der Waals surface area contributed by atoms with Gasteiger partial charge in [0.25, 0.3) is 0 Å². The van der Waals surface area contributed by atoms with Crippen molar-refractivity contribution >= 4 is 17.4 Å². The SMILES string of the molecule is CSc1cccc(N(CC2CC2)CC2CCCN2)c1C#N. The third-order valence-corrected chi connectivity index (χ3v) is 5.24. The van der Waals surface area contributed by atoms with E-state index in [9.17, 15) is 5.26 Å². The van der Waals surface area contributed by atoms with Crippen molar-refractivity contribution < 1.29 is 0 Å². The molecule has 1 saturated heterocycles. The fourth-order valence-corrected chi connectivity index (χ4v) is 3.70. The summed E-state index contributed by atoms with van der Waals surface area (Å²) in [5.74, 6) is 0.830. The van der Waals surface area contributed by atoms with Crippen LogP contribution in [-0.4, -0.2) is 31.9 Å². The van der Waals surface area contributed by atoms with Crippen LogP contribution >= 0.6 is 11.8 Å². The molecule has 1 aliphatic heterocycles. The van der Waals surface area contributed by atoms with Crippen LogP contribution < -0.4 is 10.2 Å². The number of nitrogens with one attached hydrogen (secondary N) is 1. The second-order valence-corrected chi connectivity index (χ2v) is 6.96. The van der Waals surface area contributed by atoms with E-state index in [0.717, 1.165) is 41.7 Å². The predicted molar refractivity (Wildman–Crippen MR) is 88.9 cm³/mol. The molecular formula is C17H23N3S. The number of hydrogen-bond acceptors (Lipinski definition) is 4. The zero-order valence-corrected chi connectivity index (χ0v) is 13.5. The fourth-order valence-electron chi connectivity index (χ4n) is 3.13. The highest BCUT2D eigenvalue weighted by atomic mass is 32.2. The van der Waals surface area contributed by atoms with Crippen LogP contribution in [0.15, 0.2) is 23.1 Å². The maximum absolute atomic E-state index is 9.58. The molecule has 0 aromatic heterocycles. The average Bonchev–Trinajstić information content (AvgIpc) is 3.18. The molecule has 0 amide bonds. The molecule has 1 heterocycles. The van der Waals surface area contributed by atoms with Crippen LogP contribution in [0.5, 0.6) is 0 Å². The van der Waals surface area contributed by atoms with Gasteiger partial charge < -0.3 is 10.2 Å². The number of nitriles is 1. The van der Waals surface area contributed by atoms with Gasteiger partial charge in [0.2, 0.25) is 0 Å². The van der Waals surface area contributed by atoms with E-state index in [4.69, 9.17) is 0 Å².